The molecule has 296 valence electrons. The summed E-state index contributed by atoms with van der Waals surface area (Å²) in [5, 5.41) is 12.7. The van der Waals surface area contributed by atoms with Gasteiger partial charge in [0.2, 0.25) is 0 Å². The minimum absolute atomic E-state index is 0.157. The number of hydrogen-bond acceptors (Lipinski definition) is 2. The largest absolute Gasteiger partial charge is 0.308 e. The van der Waals surface area contributed by atoms with Crippen LogP contribution in [0.25, 0.3) is 96.6 Å². The Kier molecular flexibility index (Phi) is 7.89. The molecule has 0 saturated heterocycles. The molecule has 0 spiro atoms. The Labute approximate surface area is 370 Å². The molecule has 63 heavy (non-hydrogen) atoms. The van der Waals surface area contributed by atoms with Crippen LogP contribution >= 0.6 is 11.3 Å². The molecular formula is C61H41NS. The number of rotatable bonds is 5. The lowest BCUT2D eigenvalue weighted by molar-refractivity contribution is 0.660. The van der Waals surface area contributed by atoms with E-state index >= 15 is 0 Å². The number of hydrogen-bond donors (Lipinski definition) is 0. The topological polar surface area (TPSA) is 3.24 Å². The average Bonchev–Trinajstić information content (AvgIpc) is 3.83. The monoisotopic (exact) mass is 819 g/mol. The molecule has 0 radical (unpaired) electrons. The van der Waals surface area contributed by atoms with E-state index in [1.165, 1.54) is 113 Å². The molecule has 2 heteroatoms. The van der Waals surface area contributed by atoms with E-state index in [-0.39, 0.29) is 5.41 Å². The second kappa shape index (κ2) is 13.7. The van der Waals surface area contributed by atoms with Gasteiger partial charge in [0.15, 0.2) is 0 Å². The molecule has 0 atom stereocenters. The lowest BCUT2D eigenvalue weighted by Crippen LogP contribution is -2.17. The van der Waals surface area contributed by atoms with Crippen LogP contribution < -0.4 is 4.90 Å². The van der Waals surface area contributed by atoms with Crippen LogP contribution in [0.2, 0.25) is 0 Å². The summed E-state index contributed by atoms with van der Waals surface area (Å²) in [6.45, 7) is 4.77. The summed E-state index contributed by atoms with van der Waals surface area (Å²) in [6, 6.07) is 79.4. The molecule has 0 fully saturated rings. The van der Waals surface area contributed by atoms with E-state index < -0.39 is 0 Å². The summed E-state index contributed by atoms with van der Waals surface area (Å²) >= 11 is 1.89. The van der Waals surface area contributed by atoms with Crippen molar-refractivity contribution in [2.45, 2.75) is 19.3 Å². The molecule has 0 unspecified atom stereocenters. The fraction of sp³-hybridized carbons (Fsp3) is 0.0492. The predicted molar refractivity (Wildman–Crippen MR) is 272 cm³/mol. The second-order valence-electron chi connectivity index (χ2n) is 17.6. The van der Waals surface area contributed by atoms with E-state index in [4.69, 9.17) is 0 Å². The highest BCUT2D eigenvalue weighted by molar-refractivity contribution is 7.26. The molecule has 0 bridgehead atoms. The molecule has 0 saturated carbocycles. The van der Waals surface area contributed by atoms with Gasteiger partial charge in [0.25, 0.3) is 0 Å². The fourth-order valence-corrected chi connectivity index (χ4v) is 12.1. The summed E-state index contributed by atoms with van der Waals surface area (Å²) in [5.41, 5.74) is 13.6. The first-order valence-electron chi connectivity index (χ1n) is 21.9. The van der Waals surface area contributed by atoms with Gasteiger partial charge in [-0.1, -0.05) is 196 Å². The number of benzene rings is 11. The van der Waals surface area contributed by atoms with Gasteiger partial charge in [-0.15, -0.1) is 11.3 Å². The lowest BCUT2D eigenvalue weighted by Gasteiger charge is -2.31. The first-order chi connectivity index (χ1) is 31.0. The summed E-state index contributed by atoms with van der Waals surface area (Å²) < 4.78 is 2.58. The van der Waals surface area contributed by atoms with Crippen LogP contribution in [-0.4, -0.2) is 0 Å². The van der Waals surface area contributed by atoms with Crippen molar-refractivity contribution in [3.8, 4) is 33.4 Å². The van der Waals surface area contributed by atoms with Crippen LogP contribution in [0.3, 0.4) is 0 Å². The number of anilines is 3. The van der Waals surface area contributed by atoms with Gasteiger partial charge in [0, 0.05) is 37.5 Å². The van der Waals surface area contributed by atoms with E-state index in [0.717, 1.165) is 11.4 Å². The first kappa shape index (κ1) is 36.2. The van der Waals surface area contributed by atoms with Crippen molar-refractivity contribution >= 4 is 91.7 Å². The zero-order valence-corrected chi connectivity index (χ0v) is 35.9. The van der Waals surface area contributed by atoms with Crippen LogP contribution in [0.5, 0.6) is 0 Å². The maximum absolute atomic E-state index is 2.58. The molecule has 13 rings (SSSR count). The SMILES string of the molecule is CC1(C)c2ccccc2-c2ccc(N(c3ccc4c5ccccc5c5ccccc5c4c3-c3ccc(-c4cccc5ccccc45)cc3)c3cccc4c3sc3ccccc34)cc21. The van der Waals surface area contributed by atoms with Crippen molar-refractivity contribution in [1.29, 1.82) is 0 Å². The Morgan fingerprint density at radius 3 is 1.76 bits per heavy atom. The Morgan fingerprint density at radius 1 is 0.381 bits per heavy atom. The van der Waals surface area contributed by atoms with Gasteiger partial charge in [-0.25, -0.2) is 0 Å². The van der Waals surface area contributed by atoms with Crippen LogP contribution in [-0.2, 0) is 5.41 Å². The minimum Gasteiger partial charge on any atom is -0.308 e. The van der Waals surface area contributed by atoms with Crippen LogP contribution in [0.1, 0.15) is 25.0 Å². The zero-order valence-electron chi connectivity index (χ0n) is 35.1. The average molecular weight is 820 g/mol. The molecular weight excluding hydrogens is 779 g/mol. The van der Waals surface area contributed by atoms with Crippen LogP contribution in [0.4, 0.5) is 17.1 Å². The molecule has 12 aromatic rings. The summed E-state index contributed by atoms with van der Waals surface area (Å²) in [6.07, 6.45) is 0. The minimum atomic E-state index is -0.157. The Morgan fingerprint density at radius 2 is 0.952 bits per heavy atom. The van der Waals surface area contributed by atoms with Gasteiger partial charge in [-0.05, 0) is 107 Å². The van der Waals surface area contributed by atoms with Crippen molar-refractivity contribution in [2.75, 3.05) is 4.90 Å². The van der Waals surface area contributed by atoms with E-state index in [1.54, 1.807) is 0 Å². The zero-order chi connectivity index (χ0) is 41.8. The Hall–Kier alpha value is -7.52. The lowest BCUT2D eigenvalue weighted by atomic mass is 9.82. The van der Waals surface area contributed by atoms with Crippen molar-refractivity contribution in [3.63, 3.8) is 0 Å². The maximum Gasteiger partial charge on any atom is 0.0640 e. The van der Waals surface area contributed by atoms with Gasteiger partial charge in [-0.2, -0.15) is 0 Å². The van der Waals surface area contributed by atoms with Crippen molar-refractivity contribution in [2.24, 2.45) is 0 Å². The Balaban J connectivity index is 1.15. The molecule has 1 nitrogen and oxygen atoms in total. The number of nitrogens with zero attached hydrogens (tertiary/aromatic N) is 1. The molecule has 0 aliphatic heterocycles. The van der Waals surface area contributed by atoms with Crippen molar-refractivity contribution < 1.29 is 0 Å². The van der Waals surface area contributed by atoms with Crippen LogP contribution in [0.15, 0.2) is 212 Å². The van der Waals surface area contributed by atoms with Gasteiger partial charge < -0.3 is 4.90 Å². The third-order valence-electron chi connectivity index (χ3n) is 13.9. The third-order valence-corrected chi connectivity index (χ3v) is 15.1. The highest BCUT2D eigenvalue weighted by atomic mass is 32.1. The van der Waals surface area contributed by atoms with Crippen molar-refractivity contribution in [3.05, 3.63) is 223 Å². The van der Waals surface area contributed by atoms with Crippen LogP contribution in [0, 0.1) is 0 Å². The van der Waals surface area contributed by atoms with E-state index in [1.807, 2.05) is 11.3 Å². The smallest absolute Gasteiger partial charge is 0.0640 e. The quantitative estimate of drug-likeness (QED) is 0.156. The second-order valence-corrected chi connectivity index (χ2v) is 18.6. The van der Waals surface area contributed by atoms with Crippen molar-refractivity contribution in [1.82, 2.24) is 0 Å². The third kappa shape index (κ3) is 5.35. The van der Waals surface area contributed by atoms with Gasteiger partial charge in [-0.3, -0.25) is 0 Å². The fourth-order valence-electron chi connectivity index (χ4n) is 10.9. The molecule has 1 aliphatic rings. The van der Waals surface area contributed by atoms with E-state index in [9.17, 15) is 0 Å². The molecule has 11 aromatic carbocycles. The predicted octanol–water partition coefficient (Wildman–Crippen LogP) is 17.8. The summed E-state index contributed by atoms with van der Waals surface area (Å²) in [7, 11) is 0. The summed E-state index contributed by atoms with van der Waals surface area (Å²) in [4.78, 5) is 2.58. The number of thiophene rings is 1. The van der Waals surface area contributed by atoms with Gasteiger partial charge >= 0.3 is 0 Å². The van der Waals surface area contributed by atoms with E-state index in [0.29, 0.717) is 0 Å². The molecule has 0 N–H and O–H groups in total. The molecule has 1 heterocycles. The molecule has 1 aromatic heterocycles. The number of fused-ring (bicyclic) bond motifs is 13. The standard InChI is InChI=1S/C61H41NS/c1-61(2)53-26-11-9-21-47(53)48-34-33-41(37-54(48)61)62(56-27-14-25-52-49-22-10-12-28-57(49)63-60(52)56)55-36-35-51-46-20-6-5-18-44(46)45-19-7-8-23-50(45)59(51)58(55)40-31-29-39(30-32-40)43-24-13-16-38-15-3-4-17-42(38)43/h3-37H,1-2H3. The Bertz CT molecular complexity index is 3790. The highest BCUT2D eigenvalue weighted by Crippen LogP contribution is 2.54. The normalized spacial score (nSPS) is 13.0. The molecule has 1 aliphatic carbocycles. The highest BCUT2D eigenvalue weighted by Gasteiger charge is 2.36. The van der Waals surface area contributed by atoms with Gasteiger partial charge in [0.1, 0.15) is 0 Å². The summed E-state index contributed by atoms with van der Waals surface area (Å²) in [5.74, 6) is 0. The van der Waals surface area contributed by atoms with E-state index in [2.05, 4.69) is 231 Å². The maximum atomic E-state index is 2.58. The van der Waals surface area contributed by atoms with Gasteiger partial charge in [0.05, 0.1) is 16.1 Å². The first-order valence-corrected chi connectivity index (χ1v) is 22.7. The molecule has 0 amide bonds.